The van der Waals surface area contributed by atoms with E-state index in [1.807, 2.05) is 11.8 Å². The highest BCUT2D eigenvalue weighted by Crippen LogP contribution is 2.37. The largest absolute Gasteiger partial charge is 0.396 e. The monoisotopic (exact) mass is 257 g/mol. The van der Waals surface area contributed by atoms with Crippen molar-refractivity contribution in [3.05, 3.63) is 0 Å². The van der Waals surface area contributed by atoms with Crippen molar-refractivity contribution in [1.29, 1.82) is 0 Å². The van der Waals surface area contributed by atoms with Gasteiger partial charge in [0.15, 0.2) is 5.96 Å². The van der Waals surface area contributed by atoms with Gasteiger partial charge < -0.3 is 15.7 Å². The molecular weight excluding hydrogens is 234 g/mol. The van der Waals surface area contributed by atoms with Crippen molar-refractivity contribution < 1.29 is 5.11 Å². The van der Waals surface area contributed by atoms with E-state index in [4.69, 9.17) is 5.73 Å². The Kier molecular flexibility index (Phi) is 4.56. The van der Waals surface area contributed by atoms with E-state index in [9.17, 15) is 5.11 Å². The van der Waals surface area contributed by atoms with Crippen LogP contribution in [0.5, 0.6) is 0 Å². The Hall–Kier alpha value is -0.420. The highest BCUT2D eigenvalue weighted by atomic mass is 32.2. The van der Waals surface area contributed by atoms with Crippen LogP contribution in [0.25, 0.3) is 0 Å². The lowest BCUT2D eigenvalue weighted by Gasteiger charge is -2.29. The lowest BCUT2D eigenvalue weighted by atomic mass is 9.87. The van der Waals surface area contributed by atoms with Crippen LogP contribution in [0.15, 0.2) is 4.99 Å². The molecule has 0 amide bonds. The lowest BCUT2D eigenvalue weighted by molar-refractivity contribution is 0.138. The van der Waals surface area contributed by atoms with Gasteiger partial charge in [0.05, 0.1) is 13.2 Å². The Morgan fingerprint density at radius 1 is 1.29 bits per heavy atom. The molecule has 1 saturated carbocycles. The number of rotatable bonds is 3. The normalized spacial score (nSPS) is 25.2. The third kappa shape index (κ3) is 3.28. The van der Waals surface area contributed by atoms with Crippen molar-refractivity contribution >= 4 is 17.7 Å². The zero-order chi connectivity index (χ0) is 12.1. The Morgan fingerprint density at radius 3 is 2.53 bits per heavy atom. The van der Waals surface area contributed by atoms with E-state index < -0.39 is 0 Å². The molecule has 0 radical (unpaired) electrons. The summed E-state index contributed by atoms with van der Waals surface area (Å²) in [7, 11) is 0. The summed E-state index contributed by atoms with van der Waals surface area (Å²) >= 11 is 1.97. The first-order chi connectivity index (χ1) is 8.26. The van der Waals surface area contributed by atoms with E-state index in [0.29, 0.717) is 12.5 Å². The number of thioether (sulfide) groups is 1. The molecule has 4 nitrogen and oxygen atoms in total. The zero-order valence-electron chi connectivity index (χ0n) is 10.4. The Labute approximate surface area is 108 Å². The van der Waals surface area contributed by atoms with E-state index in [0.717, 1.165) is 37.4 Å². The van der Waals surface area contributed by atoms with Crippen LogP contribution in [0.2, 0.25) is 0 Å². The molecule has 0 aromatic rings. The third-order valence-corrected chi connectivity index (χ3v) is 4.85. The highest BCUT2D eigenvalue weighted by molar-refractivity contribution is 7.99. The molecule has 98 valence electrons. The van der Waals surface area contributed by atoms with Gasteiger partial charge >= 0.3 is 0 Å². The van der Waals surface area contributed by atoms with Crippen LogP contribution in [0.4, 0.5) is 0 Å². The zero-order valence-corrected chi connectivity index (χ0v) is 11.2. The summed E-state index contributed by atoms with van der Waals surface area (Å²) in [6.07, 6.45) is 4.62. The number of nitrogens with two attached hydrogens (primary N) is 1. The fraction of sp³-hybridized carbons (Fsp3) is 0.917. The number of aliphatic hydroxyl groups is 1. The molecule has 0 aromatic heterocycles. The van der Waals surface area contributed by atoms with E-state index in [-0.39, 0.29) is 12.0 Å². The van der Waals surface area contributed by atoms with Gasteiger partial charge in [-0.25, -0.2) is 0 Å². The lowest BCUT2D eigenvalue weighted by Crippen LogP contribution is -2.43. The fourth-order valence-corrected chi connectivity index (χ4v) is 3.54. The average molecular weight is 257 g/mol. The molecule has 2 fully saturated rings. The maximum atomic E-state index is 9.51. The topological polar surface area (TPSA) is 61.9 Å². The maximum Gasteiger partial charge on any atom is 0.191 e. The van der Waals surface area contributed by atoms with Gasteiger partial charge in [0.1, 0.15) is 0 Å². The molecule has 17 heavy (non-hydrogen) atoms. The van der Waals surface area contributed by atoms with E-state index in [1.165, 1.54) is 12.8 Å². The molecule has 0 atom stereocenters. The summed E-state index contributed by atoms with van der Waals surface area (Å²) < 4.78 is 0. The molecule has 1 saturated heterocycles. The van der Waals surface area contributed by atoms with Crippen molar-refractivity contribution in [3.8, 4) is 0 Å². The van der Waals surface area contributed by atoms with Crippen LogP contribution in [-0.2, 0) is 0 Å². The van der Waals surface area contributed by atoms with Gasteiger partial charge in [-0.15, -0.1) is 0 Å². The average Bonchev–Trinajstić information content (AvgIpc) is 2.86. The first-order valence-electron chi connectivity index (χ1n) is 6.49. The summed E-state index contributed by atoms with van der Waals surface area (Å²) in [5, 5.41) is 9.51. The predicted octanol–water partition coefficient (Wildman–Crippen LogP) is 0.903. The fourth-order valence-electron chi connectivity index (χ4n) is 2.63. The van der Waals surface area contributed by atoms with Gasteiger partial charge in [0.25, 0.3) is 0 Å². The van der Waals surface area contributed by atoms with Crippen LogP contribution in [0.1, 0.15) is 25.7 Å². The Morgan fingerprint density at radius 2 is 1.94 bits per heavy atom. The molecule has 0 bridgehead atoms. The van der Waals surface area contributed by atoms with E-state index in [1.54, 1.807) is 0 Å². The van der Waals surface area contributed by atoms with Gasteiger partial charge in [-0.2, -0.15) is 11.8 Å². The summed E-state index contributed by atoms with van der Waals surface area (Å²) in [5.74, 6) is 2.95. The molecule has 0 unspecified atom stereocenters. The van der Waals surface area contributed by atoms with Crippen LogP contribution in [0.3, 0.4) is 0 Å². The molecule has 3 N–H and O–H groups in total. The second-order valence-electron chi connectivity index (χ2n) is 5.14. The summed E-state index contributed by atoms with van der Waals surface area (Å²) in [6, 6.07) is 0. The summed E-state index contributed by atoms with van der Waals surface area (Å²) in [4.78, 5) is 6.69. The molecule has 1 aliphatic heterocycles. The van der Waals surface area contributed by atoms with Crippen LogP contribution < -0.4 is 5.73 Å². The molecule has 5 heteroatoms. The van der Waals surface area contributed by atoms with Crippen LogP contribution in [-0.4, -0.2) is 53.7 Å². The number of nitrogens with zero attached hydrogens (tertiary/aromatic N) is 2. The third-order valence-electron chi connectivity index (χ3n) is 3.91. The van der Waals surface area contributed by atoms with Crippen LogP contribution >= 0.6 is 11.8 Å². The van der Waals surface area contributed by atoms with Gasteiger partial charge in [-0.3, -0.25) is 4.99 Å². The van der Waals surface area contributed by atoms with Gasteiger partial charge in [-0.1, -0.05) is 12.8 Å². The quantitative estimate of drug-likeness (QED) is 0.582. The number of hydrogen-bond acceptors (Lipinski definition) is 3. The van der Waals surface area contributed by atoms with E-state index >= 15 is 0 Å². The minimum Gasteiger partial charge on any atom is -0.396 e. The molecular formula is C12H23N3OS. The number of aliphatic hydroxyl groups excluding tert-OH is 1. The van der Waals surface area contributed by atoms with E-state index in [2.05, 4.69) is 9.89 Å². The SMILES string of the molecule is NC(=NCC1(CO)CCCC1)N1CCSCC1. The predicted molar refractivity (Wildman–Crippen MR) is 73.4 cm³/mol. The smallest absolute Gasteiger partial charge is 0.191 e. The van der Waals surface area contributed by atoms with Crippen molar-refractivity contribution in [2.75, 3.05) is 37.7 Å². The Bertz CT molecular complexity index is 271. The second kappa shape index (κ2) is 5.96. The summed E-state index contributed by atoms with van der Waals surface area (Å²) in [5.41, 5.74) is 6.05. The Balaban J connectivity index is 1.89. The maximum absolute atomic E-state index is 9.51. The minimum atomic E-state index is 0.0230. The van der Waals surface area contributed by atoms with Crippen LogP contribution in [0, 0.1) is 5.41 Å². The molecule has 1 aliphatic carbocycles. The molecule has 2 aliphatic rings. The van der Waals surface area contributed by atoms with Gasteiger partial charge in [0, 0.05) is 30.0 Å². The molecule has 1 heterocycles. The molecule has 0 aromatic carbocycles. The van der Waals surface area contributed by atoms with Crippen molar-refractivity contribution in [3.63, 3.8) is 0 Å². The number of hydrogen-bond donors (Lipinski definition) is 2. The standard InChI is InChI=1S/C12H23N3OS/c13-11(15-5-7-17-8-6-15)14-9-12(10-16)3-1-2-4-12/h16H,1-10H2,(H2,13,14). The van der Waals surface area contributed by atoms with Crippen molar-refractivity contribution in [2.24, 2.45) is 16.1 Å². The molecule has 0 spiro atoms. The molecule has 2 rings (SSSR count). The number of guanidine groups is 1. The van der Waals surface area contributed by atoms with Gasteiger partial charge in [0.2, 0.25) is 0 Å². The first kappa shape index (κ1) is 13.0. The second-order valence-corrected chi connectivity index (χ2v) is 6.36. The minimum absolute atomic E-state index is 0.0230. The number of aliphatic imine (C=N–C) groups is 1. The highest BCUT2D eigenvalue weighted by Gasteiger charge is 2.33. The van der Waals surface area contributed by atoms with Crippen molar-refractivity contribution in [2.45, 2.75) is 25.7 Å². The van der Waals surface area contributed by atoms with Gasteiger partial charge in [-0.05, 0) is 12.8 Å². The summed E-state index contributed by atoms with van der Waals surface area (Å²) in [6.45, 7) is 2.96. The van der Waals surface area contributed by atoms with Crippen molar-refractivity contribution in [1.82, 2.24) is 4.90 Å². The first-order valence-corrected chi connectivity index (χ1v) is 7.65.